The number of aliphatic hydroxyl groups is 1. The van der Waals surface area contributed by atoms with E-state index in [0.717, 1.165) is 36.4 Å². The second-order valence-corrected chi connectivity index (χ2v) is 5.48. The maximum Gasteiger partial charge on any atom is 0.189 e. The van der Waals surface area contributed by atoms with E-state index in [0.29, 0.717) is 18.4 Å². The molecule has 1 heterocycles. The molecule has 0 spiro atoms. The largest absolute Gasteiger partial charge is 0.467 e. The Kier molecular flexibility index (Phi) is 5.05. The minimum Gasteiger partial charge on any atom is -0.467 e. The summed E-state index contributed by atoms with van der Waals surface area (Å²) in [6, 6.07) is 3.82. The lowest BCUT2D eigenvalue weighted by Gasteiger charge is -2.24. The molecule has 1 aliphatic rings. The van der Waals surface area contributed by atoms with Gasteiger partial charge in [0.1, 0.15) is 5.75 Å². The second-order valence-electron chi connectivity index (χ2n) is 5.04. The lowest BCUT2D eigenvalue weighted by Crippen LogP contribution is -2.23. The fraction of sp³-hybridized carbons (Fsp3) is 0.571. The van der Waals surface area contributed by atoms with Crippen molar-refractivity contribution in [1.82, 2.24) is 4.90 Å². The van der Waals surface area contributed by atoms with Gasteiger partial charge in [0.25, 0.3) is 0 Å². The normalized spacial score (nSPS) is 16.1. The molecule has 2 rings (SSSR count). The van der Waals surface area contributed by atoms with Gasteiger partial charge in [0.2, 0.25) is 0 Å². The van der Waals surface area contributed by atoms with Crippen molar-refractivity contribution in [3.05, 3.63) is 28.3 Å². The Morgan fingerprint density at radius 2 is 2.26 bits per heavy atom. The van der Waals surface area contributed by atoms with Crippen molar-refractivity contribution < 1.29 is 14.6 Å². The summed E-state index contributed by atoms with van der Waals surface area (Å²) in [6.07, 6.45) is 0.476. The van der Waals surface area contributed by atoms with Crippen LogP contribution in [0.5, 0.6) is 5.75 Å². The molecule has 1 unspecified atom stereocenters. The second kappa shape index (κ2) is 6.57. The van der Waals surface area contributed by atoms with E-state index in [4.69, 9.17) is 21.1 Å². The first-order valence-electron chi connectivity index (χ1n) is 6.44. The molecule has 19 heavy (non-hydrogen) atoms. The van der Waals surface area contributed by atoms with Gasteiger partial charge in [0.15, 0.2) is 6.79 Å². The molecule has 0 bridgehead atoms. The highest BCUT2D eigenvalue weighted by Gasteiger charge is 2.17. The van der Waals surface area contributed by atoms with Crippen LogP contribution in [0.1, 0.15) is 24.5 Å². The monoisotopic (exact) mass is 285 g/mol. The summed E-state index contributed by atoms with van der Waals surface area (Å²) in [5, 5.41) is 10.0. The summed E-state index contributed by atoms with van der Waals surface area (Å²) in [6.45, 7) is 4.21. The van der Waals surface area contributed by atoms with Crippen LogP contribution < -0.4 is 4.74 Å². The predicted octanol–water partition coefficient (Wildman–Crippen LogP) is 2.41. The standard InChI is InChI=1S/C14H20ClNO3/c1-10(17)3-4-16(2)7-11-5-13(15)6-12-8-18-9-19-14(11)12/h5-6,10,17H,3-4,7-9H2,1-2H3. The average Bonchev–Trinajstić information content (AvgIpc) is 2.36. The fourth-order valence-electron chi connectivity index (χ4n) is 2.15. The third-order valence-electron chi connectivity index (χ3n) is 3.12. The molecule has 0 aliphatic carbocycles. The van der Waals surface area contributed by atoms with E-state index in [1.165, 1.54) is 0 Å². The lowest BCUT2D eigenvalue weighted by atomic mass is 10.1. The van der Waals surface area contributed by atoms with E-state index < -0.39 is 0 Å². The summed E-state index contributed by atoms with van der Waals surface area (Å²) < 4.78 is 10.8. The van der Waals surface area contributed by atoms with Gasteiger partial charge in [-0.3, -0.25) is 0 Å². The average molecular weight is 286 g/mol. The van der Waals surface area contributed by atoms with E-state index >= 15 is 0 Å². The van der Waals surface area contributed by atoms with Crippen molar-refractivity contribution in [3.63, 3.8) is 0 Å². The van der Waals surface area contributed by atoms with Crippen LogP contribution in [0, 0.1) is 0 Å². The maximum absolute atomic E-state index is 9.31. The Balaban J connectivity index is 2.09. The minimum absolute atomic E-state index is 0.277. The fourth-order valence-corrected chi connectivity index (χ4v) is 2.41. The van der Waals surface area contributed by atoms with Gasteiger partial charge in [0, 0.05) is 29.2 Å². The van der Waals surface area contributed by atoms with Gasteiger partial charge in [-0.15, -0.1) is 0 Å². The molecule has 4 nitrogen and oxygen atoms in total. The number of rotatable bonds is 5. The van der Waals surface area contributed by atoms with Gasteiger partial charge >= 0.3 is 0 Å². The number of ether oxygens (including phenoxy) is 2. The van der Waals surface area contributed by atoms with Crippen LogP contribution in [0.15, 0.2) is 12.1 Å². The molecule has 106 valence electrons. The quantitative estimate of drug-likeness (QED) is 0.902. The number of benzene rings is 1. The SMILES string of the molecule is CC(O)CCN(C)Cc1cc(Cl)cc2c1OCOC2. The molecule has 1 aromatic rings. The van der Waals surface area contributed by atoms with E-state index in [2.05, 4.69) is 4.90 Å². The topological polar surface area (TPSA) is 41.9 Å². The third kappa shape index (κ3) is 4.08. The zero-order chi connectivity index (χ0) is 13.8. The van der Waals surface area contributed by atoms with Crippen molar-refractivity contribution in [1.29, 1.82) is 0 Å². The van der Waals surface area contributed by atoms with Crippen LogP contribution in [-0.2, 0) is 17.9 Å². The third-order valence-corrected chi connectivity index (χ3v) is 3.34. The molecule has 1 N–H and O–H groups in total. The highest BCUT2D eigenvalue weighted by Crippen LogP contribution is 2.32. The maximum atomic E-state index is 9.31. The zero-order valence-electron chi connectivity index (χ0n) is 11.4. The Hall–Kier alpha value is -0.810. The van der Waals surface area contributed by atoms with Gasteiger partial charge in [-0.1, -0.05) is 11.6 Å². The molecule has 0 saturated carbocycles. The van der Waals surface area contributed by atoms with Gasteiger partial charge < -0.3 is 19.5 Å². The van der Waals surface area contributed by atoms with E-state index in [9.17, 15) is 5.11 Å². The molecule has 0 saturated heterocycles. The van der Waals surface area contributed by atoms with Crippen LogP contribution in [0.4, 0.5) is 0 Å². The summed E-state index contributed by atoms with van der Waals surface area (Å²) in [5.41, 5.74) is 2.07. The molecule has 0 radical (unpaired) electrons. The van der Waals surface area contributed by atoms with E-state index in [-0.39, 0.29) is 6.10 Å². The molecule has 0 aromatic heterocycles. The lowest BCUT2D eigenvalue weighted by molar-refractivity contribution is -0.0174. The molecule has 1 atom stereocenters. The molecule has 5 heteroatoms. The van der Waals surface area contributed by atoms with E-state index in [1.54, 1.807) is 6.92 Å². The summed E-state index contributed by atoms with van der Waals surface area (Å²) >= 11 is 6.12. The van der Waals surface area contributed by atoms with Gasteiger partial charge in [-0.2, -0.15) is 0 Å². The number of hydrogen-bond donors (Lipinski definition) is 1. The molecular formula is C14H20ClNO3. The van der Waals surface area contributed by atoms with Crippen molar-refractivity contribution in [3.8, 4) is 5.75 Å². The summed E-state index contributed by atoms with van der Waals surface area (Å²) in [5.74, 6) is 0.888. The number of aliphatic hydroxyl groups excluding tert-OH is 1. The van der Waals surface area contributed by atoms with Crippen molar-refractivity contribution in [2.75, 3.05) is 20.4 Å². The molecule has 1 aromatic carbocycles. The van der Waals surface area contributed by atoms with Crippen LogP contribution in [-0.4, -0.2) is 36.5 Å². The first-order chi connectivity index (χ1) is 9.06. The van der Waals surface area contributed by atoms with Gasteiger partial charge in [-0.05, 0) is 32.5 Å². The Morgan fingerprint density at radius 1 is 1.47 bits per heavy atom. The molecule has 1 aliphatic heterocycles. The summed E-state index contributed by atoms with van der Waals surface area (Å²) in [4.78, 5) is 2.15. The van der Waals surface area contributed by atoms with Crippen molar-refractivity contribution in [2.45, 2.75) is 32.6 Å². The molecule has 0 amide bonds. The number of nitrogens with zero attached hydrogens (tertiary/aromatic N) is 1. The summed E-state index contributed by atoms with van der Waals surface area (Å²) in [7, 11) is 2.02. The van der Waals surface area contributed by atoms with Gasteiger partial charge in [0.05, 0.1) is 12.7 Å². The Bertz CT molecular complexity index is 437. The van der Waals surface area contributed by atoms with Crippen LogP contribution in [0.25, 0.3) is 0 Å². The van der Waals surface area contributed by atoms with Crippen molar-refractivity contribution >= 4 is 11.6 Å². The van der Waals surface area contributed by atoms with E-state index in [1.807, 2.05) is 19.2 Å². The predicted molar refractivity (Wildman–Crippen MR) is 74.4 cm³/mol. The van der Waals surface area contributed by atoms with Crippen LogP contribution >= 0.6 is 11.6 Å². The highest BCUT2D eigenvalue weighted by molar-refractivity contribution is 6.30. The van der Waals surface area contributed by atoms with Crippen molar-refractivity contribution in [2.24, 2.45) is 0 Å². The Labute approximate surface area is 118 Å². The van der Waals surface area contributed by atoms with Gasteiger partial charge in [-0.25, -0.2) is 0 Å². The first-order valence-corrected chi connectivity index (χ1v) is 6.82. The van der Waals surface area contributed by atoms with Crippen LogP contribution in [0.3, 0.4) is 0 Å². The van der Waals surface area contributed by atoms with Crippen LogP contribution in [0.2, 0.25) is 5.02 Å². The number of fused-ring (bicyclic) bond motifs is 1. The Morgan fingerprint density at radius 3 is 3.00 bits per heavy atom. The zero-order valence-corrected chi connectivity index (χ0v) is 12.1. The first kappa shape index (κ1) is 14.6. The molecule has 0 fully saturated rings. The number of halogens is 1. The minimum atomic E-state index is -0.277. The molecular weight excluding hydrogens is 266 g/mol. The smallest absolute Gasteiger partial charge is 0.189 e. The number of hydrogen-bond acceptors (Lipinski definition) is 4. The highest BCUT2D eigenvalue weighted by atomic mass is 35.5.